The third kappa shape index (κ3) is 3.81. The highest BCUT2D eigenvalue weighted by molar-refractivity contribution is 6.30. The van der Waals surface area contributed by atoms with Gasteiger partial charge in [-0.25, -0.2) is 4.68 Å². The van der Waals surface area contributed by atoms with Gasteiger partial charge in [-0.05, 0) is 18.2 Å². The molecule has 11 heteroatoms. The predicted octanol–water partition coefficient (Wildman–Crippen LogP) is 2.47. The van der Waals surface area contributed by atoms with E-state index >= 15 is 0 Å². The van der Waals surface area contributed by atoms with E-state index in [9.17, 15) is 14.9 Å². The lowest BCUT2D eigenvalue weighted by Gasteiger charge is -2.06. The molecule has 0 unspecified atom stereocenters. The van der Waals surface area contributed by atoms with Crippen LogP contribution in [-0.4, -0.2) is 30.4 Å². The standard InChI is InChI=1S/C15H13ClN6O4/c1-20-14(13(7-17-20)22(24)25)15(23)19-11-6-18-21(8-11)9-26-12-4-2-3-10(16)5-12/h2-8H,9H2,1H3,(H,19,23). The lowest BCUT2D eigenvalue weighted by molar-refractivity contribution is -0.385. The topological polar surface area (TPSA) is 117 Å². The normalized spacial score (nSPS) is 10.5. The first-order valence-electron chi connectivity index (χ1n) is 7.32. The van der Waals surface area contributed by atoms with Crippen LogP contribution in [0.5, 0.6) is 5.75 Å². The molecule has 0 saturated carbocycles. The number of carbonyl (C=O) groups is 1. The van der Waals surface area contributed by atoms with E-state index in [1.165, 1.54) is 24.1 Å². The molecule has 0 bridgehead atoms. The van der Waals surface area contributed by atoms with Gasteiger partial charge in [0.15, 0.2) is 6.73 Å². The van der Waals surface area contributed by atoms with Crippen molar-refractivity contribution < 1.29 is 14.5 Å². The molecule has 2 heterocycles. The van der Waals surface area contributed by atoms with Gasteiger partial charge < -0.3 is 10.1 Å². The highest BCUT2D eigenvalue weighted by Gasteiger charge is 2.25. The van der Waals surface area contributed by atoms with E-state index in [4.69, 9.17) is 16.3 Å². The third-order valence-electron chi connectivity index (χ3n) is 3.38. The maximum atomic E-state index is 12.3. The predicted molar refractivity (Wildman–Crippen MR) is 92.1 cm³/mol. The summed E-state index contributed by atoms with van der Waals surface area (Å²) in [6.45, 7) is 0.0993. The Morgan fingerprint density at radius 1 is 1.38 bits per heavy atom. The van der Waals surface area contributed by atoms with E-state index in [1.54, 1.807) is 24.3 Å². The average molecular weight is 377 g/mol. The molecule has 1 aromatic carbocycles. The SMILES string of the molecule is Cn1ncc([N+](=O)[O-])c1C(=O)Nc1cnn(COc2cccc(Cl)c2)c1. The molecule has 0 spiro atoms. The molecular formula is C15H13ClN6O4. The Kier molecular flexibility index (Phi) is 4.85. The number of rotatable bonds is 6. The van der Waals surface area contributed by atoms with Crippen molar-refractivity contribution in [3.63, 3.8) is 0 Å². The summed E-state index contributed by atoms with van der Waals surface area (Å²) < 4.78 is 8.12. The number of nitrogens with zero attached hydrogens (tertiary/aromatic N) is 5. The van der Waals surface area contributed by atoms with Crippen molar-refractivity contribution in [2.45, 2.75) is 6.73 Å². The summed E-state index contributed by atoms with van der Waals surface area (Å²) in [6.07, 6.45) is 3.96. The molecule has 3 rings (SSSR count). The Hall–Kier alpha value is -3.40. The van der Waals surface area contributed by atoms with Gasteiger partial charge in [-0.15, -0.1) is 0 Å². The van der Waals surface area contributed by atoms with Crippen molar-refractivity contribution >= 4 is 28.9 Å². The van der Waals surface area contributed by atoms with Crippen molar-refractivity contribution in [2.75, 3.05) is 5.32 Å². The van der Waals surface area contributed by atoms with Crippen molar-refractivity contribution in [1.82, 2.24) is 19.6 Å². The zero-order chi connectivity index (χ0) is 18.7. The maximum absolute atomic E-state index is 12.3. The van der Waals surface area contributed by atoms with Gasteiger partial charge in [0.25, 0.3) is 5.91 Å². The minimum atomic E-state index is -0.663. The number of benzene rings is 1. The van der Waals surface area contributed by atoms with Crippen LogP contribution in [0.1, 0.15) is 10.5 Å². The van der Waals surface area contributed by atoms with Gasteiger partial charge in [0.2, 0.25) is 5.69 Å². The van der Waals surface area contributed by atoms with Crippen LogP contribution in [-0.2, 0) is 13.8 Å². The van der Waals surface area contributed by atoms with Crippen molar-refractivity contribution in [2.24, 2.45) is 7.05 Å². The van der Waals surface area contributed by atoms with E-state index in [1.807, 2.05) is 0 Å². The van der Waals surface area contributed by atoms with Crippen LogP contribution in [0.4, 0.5) is 11.4 Å². The fourth-order valence-corrected chi connectivity index (χ4v) is 2.39. The largest absolute Gasteiger partial charge is 0.471 e. The monoisotopic (exact) mass is 376 g/mol. The number of hydrogen-bond acceptors (Lipinski definition) is 6. The van der Waals surface area contributed by atoms with E-state index in [-0.39, 0.29) is 18.1 Å². The highest BCUT2D eigenvalue weighted by Crippen LogP contribution is 2.19. The number of aromatic nitrogens is 4. The van der Waals surface area contributed by atoms with Gasteiger partial charge in [-0.3, -0.25) is 19.6 Å². The van der Waals surface area contributed by atoms with Gasteiger partial charge in [-0.1, -0.05) is 17.7 Å². The Bertz CT molecular complexity index is 967. The number of hydrogen-bond donors (Lipinski definition) is 1. The smallest absolute Gasteiger partial charge is 0.320 e. The van der Waals surface area contributed by atoms with Crippen LogP contribution in [0.2, 0.25) is 5.02 Å². The first-order valence-corrected chi connectivity index (χ1v) is 7.70. The molecule has 134 valence electrons. The molecule has 1 amide bonds. The van der Waals surface area contributed by atoms with E-state index in [2.05, 4.69) is 15.5 Å². The number of nitro groups is 1. The van der Waals surface area contributed by atoms with Gasteiger partial charge in [0.1, 0.15) is 11.9 Å². The molecular weight excluding hydrogens is 364 g/mol. The minimum absolute atomic E-state index is 0.0993. The molecule has 2 aromatic heterocycles. The Morgan fingerprint density at radius 3 is 2.92 bits per heavy atom. The van der Waals surface area contributed by atoms with Crippen LogP contribution in [0, 0.1) is 10.1 Å². The number of halogens is 1. The van der Waals surface area contributed by atoms with E-state index in [0.717, 1.165) is 10.9 Å². The maximum Gasteiger partial charge on any atom is 0.320 e. The summed E-state index contributed by atoms with van der Waals surface area (Å²) in [5.74, 6) is -0.0869. The Morgan fingerprint density at radius 2 is 2.19 bits per heavy atom. The quantitative estimate of drug-likeness (QED) is 0.521. The van der Waals surface area contributed by atoms with Gasteiger partial charge in [-0.2, -0.15) is 10.2 Å². The lowest BCUT2D eigenvalue weighted by Crippen LogP contribution is -2.17. The molecule has 0 saturated heterocycles. The first kappa shape index (κ1) is 17.4. The summed E-state index contributed by atoms with van der Waals surface area (Å²) >= 11 is 5.88. The molecule has 10 nitrogen and oxygen atoms in total. The summed E-state index contributed by atoms with van der Waals surface area (Å²) in [5, 5.41) is 21.9. The van der Waals surface area contributed by atoms with E-state index < -0.39 is 10.8 Å². The average Bonchev–Trinajstić information content (AvgIpc) is 3.19. The zero-order valence-corrected chi connectivity index (χ0v) is 14.3. The molecule has 0 aliphatic rings. The number of aryl methyl sites for hydroxylation is 1. The van der Waals surface area contributed by atoms with Crippen molar-refractivity contribution in [3.8, 4) is 5.75 Å². The summed E-state index contributed by atoms with van der Waals surface area (Å²) in [5.41, 5.74) is -0.167. The van der Waals surface area contributed by atoms with Crippen LogP contribution in [0.3, 0.4) is 0 Å². The number of nitrogens with one attached hydrogen (secondary N) is 1. The molecule has 0 aliphatic carbocycles. The molecule has 0 aliphatic heterocycles. The second-order valence-corrected chi connectivity index (χ2v) is 5.65. The van der Waals surface area contributed by atoms with Gasteiger partial charge >= 0.3 is 5.69 Å². The van der Waals surface area contributed by atoms with E-state index in [0.29, 0.717) is 16.5 Å². The molecule has 0 fully saturated rings. The third-order valence-corrected chi connectivity index (χ3v) is 3.62. The second-order valence-electron chi connectivity index (χ2n) is 5.21. The fourth-order valence-electron chi connectivity index (χ4n) is 2.21. The van der Waals surface area contributed by atoms with Crippen LogP contribution < -0.4 is 10.1 Å². The first-order chi connectivity index (χ1) is 12.4. The number of amides is 1. The summed E-state index contributed by atoms with van der Waals surface area (Å²) in [4.78, 5) is 22.6. The molecule has 0 atom stereocenters. The zero-order valence-electron chi connectivity index (χ0n) is 13.5. The van der Waals surface area contributed by atoms with Crippen molar-refractivity contribution in [1.29, 1.82) is 0 Å². The van der Waals surface area contributed by atoms with Gasteiger partial charge in [0.05, 0.1) is 23.0 Å². The van der Waals surface area contributed by atoms with Gasteiger partial charge in [0, 0.05) is 12.1 Å². The fraction of sp³-hybridized carbons (Fsp3) is 0.133. The molecule has 1 N–H and O–H groups in total. The van der Waals surface area contributed by atoms with Crippen LogP contribution >= 0.6 is 11.6 Å². The Balaban J connectivity index is 1.66. The number of anilines is 1. The summed E-state index contributed by atoms with van der Waals surface area (Å²) in [6, 6.07) is 6.90. The molecule has 26 heavy (non-hydrogen) atoms. The van der Waals surface area contributed by atoms with Crippen LogP contribution in [0.25, 0.3) is 0 Å². The minimum Gasteiger partial charge on any atom is -0.471 e. The number of carbonyl (C=O) groups excluding carboxylic acids is 1. The molecule has 0 radical (unpaired) electrons. The highest BCUT2D eigenvalue weighted by atomic mass is 35.5. The number of ether oxygens (including phenoxy) is 1. The van der Waals surface area contributed by atoms with Crippen LogP contribution in [0.15, 0.2) is 42.9 Å². The second kappa shape index (κ2) is 7.23. The summed E-state index contributed by atoms with van der Waals surface area (Å²) in [7, 11) is 1.45. The molecule has 3 aromatic rings. The van der Waals surface area contributed by atoms with Crippen molar-refractivity contribution in [3.05, 3.63) is 63.7 Å². The Labute approximate surface area is 152 Å². The lowest BCUT2D eigenvalue weighted by atomic mass is 10.3.